The fourth-order valence-corrected chi connectivity index (χ4v) is 4.31. The Morgan fingerprint density at radius 3 is 2.09 bits per heavy atom. The molecular formula is C24H23F3N2O5S. The minimum Gasteiger partial charge on any atom is -0.493 e. The number of amides is 1. The van der Waals surface area contributed by atoms with Crippen LogP contribution in [0.3, 0.4) is 0 Å². The van der Waals surface area contributed by atoms with E-state index in [0.717, 1.165) is 22.7 Å². The number of anilines is 2. The SMILES string of the molecule is COc1cc(C(=O)Nc2ccccc2C(F)(F)F)c(N(Cc2ccccc2)S(C)(=O)=O)cc1OC. The van der Waals surface area contributed by atoms with E-state index in [1.54, 1.807) is 30.3 Å². The number of nitrogens with one attached hydrogen (secondary N) is 1. The van der Waals surface area contributed by atoms with Crippen LogP contribution in [0.5, 0.6) is 11.5 Å². The van der Waals surface area contributed by atoms with E-state index in [1.165, 1.54) is 38.5 Å². The first-order valence-electron chi connectivity index (χ1n) is 10.2. The highest BCUT2D eigenvalue weighted by atomic mass is 32.2. The topological polar surface area (TPSA) is 84.9 Å². The Morgan fingerprint density at radius 1 is 0.943 bits per heavy atom. The molecule has 0 fully saturated rings. The third-order valence-corrected chi connectivity index (χ3v) is 6.19. The first kappa shape index (κ1) is 25.9. The molecule has 0 radical (unpaired) electrons. The van der Waals surface area contributed by atoms with E-state index in [1.807, 2.05) is 0 Å². The maximum Gasteiger partial charge on any atom is 0.418 e. The minimum absolute atomic E-state index is 0.0870. The molecule has 3 aromatic carbocycles. The molecular weight excluding hydrogens is 485 g/mol. The molecule has 3 rings (SSSR count). The Balaban J connectivity index is 2.16. The molecule has 0 bridgehead atoms. The smallest absolute Gasteiger partial charge is 0.418 e. The molecule has 0 spiro atoms. The van der Waals surface area contributed by atoms with Crippen molar-refractivity contribution in [1.29, 1.82) is 0 Å². The zero-order valence-corrected chi connectivity index (χ0v) is 19.9. The Kier molecular flexibility index (Phi) is 7.59. The molecule has 0 aliphatic rings. The number of benzene rings is 3. The number of rotatable bonds is 8. The maximum absolute atomic E-state index is 13.4. The van der Waals surface area contributed by atoms with Gasteiger partial charge in [-0.15, -0.1) is 0 Å². The van der Waals surface area contributed by atoms with Crippen molar-refractivity contribution in [2.24, 2.45) is 0 Å². The number of carbonyl (C=O) groups excluding carboxylic acids is 1. The van der Waals surface area contributed by atoms with Crippen LogP contribution in [0, 0.1) is 0 Å². The average Bonchev–Trinajstić information content (AvgIpc) is 2.81. The summed E-state index contributed by atoms with van der Waals surface area (Å²) in [5.41, 5.74) is -1.20. The molecule has 1 N–H and O–H groups in total. The summed E-state index contributed by atoms with van der Waals surface area (Å²) in [5.74, 6) is -0.727. The molecule has 0 saturated heterocycles. The fourth-order valence-electron chi connectivity index (χ4n) is 3.42. The predicted molar refractivity (Wildman–Crippen MR) is 126 cm³/mol. The van der Waals surface area contributed by atoms with E-state index < -0.39 is 33.4 Å². The summed E-state index contributed by atoms with van der Waals surface area (Å²) in [5, 5.41) is 2.26. The van der Waals surface area contributed by atoms with Gasteiger partial charge in [0.05, 0.1) is 49.5 Å². The lowest BCUT2D eigenvalue weighted by molar-refractivity contribution is -0.136. The maximum atomic E-state index is 13.4. The monoisotopic (exact) mass is 508 g/mol. The summed E-state index contributed by atoms with van der Waals surface area (Å²) in [6.45, 7) is -0.130. The van der Waals surface area contributed by atoms with Gasteiger partial charge in [-0.25, -0.2) is 8.42 Å². The van der Waals surface area contributed by atoms with Crippen LogP contribution in [0.15, 0.2) is 66.7 Å². The molecule has 0 saturated carbocycles. The van der Waals surface area contributed by atoms with Gasteiger partial charge in [0.15, 0.2) is 11.5 Å². The highest BCUT2D eigenvalue weighted by molar-refractivity contribution is 7.92. The van der Waals surface area contributed by atoms with E-state index in [9.17, 15) is 26.4 Å². The van der Waals surface area contributed by atoms with Gasteiger partial charge in [0.2, 0.25) is 10.0 Å². The van der Waals surface area contributed by atoms with Crippen LogP contribution in [0.1, 0.15) is 21.5 Å². The van der Waals surface area contributed by atoms with Gasteiger partial charge in [0.25, 0.3) is 5.91 Å². The second kappa shape index (κ2) is 10.3. The van der Waals surface area contributed by atoms with Crippen molar-refractivity contribution in [2.75, 3.05) is 30.1 Å². The van der Waals surface area contributed by atoms with Crippen LogP contribution in [-0.2, 0) is 22.7 Å². The van der Waals surface area contributed by atoms with E-state index in [2.05, 4.69) is 5.32 Å². The molecule has 0 heterocycles. The Morgan fingerprint density at radius 2 is 1.51 bits per heavy atom. The quantitative estimate of drug-likeness (QED) is 0.466. The Bertz CT molecular complexity index is 1310. The van der Waals surface area contributed by atoms with Crippen molar-refractivity contribution >= 4 is 27.3 Å². The molecule has 186 valence electrons. The minimum atomic E-state index is -4.71. The number of halogens is 3. The summed E-state index contributed by atoms with van der Waals surface area (Å²) in [6, 6.07) is 15.7. The van der Waals surface area contributed by atoms with Gasteiger partial charge < -0.3 is 14.8 Å². The van der Waals surface area contributed by atoms with Gasteiger partial charge >= 0.3 is 6.18 Å². The average molecular weight is 509 g/mol. The van der Waals surface area contributed by atoms with Crippen LogP contribution in [0.2, 0.25) is 0 Å². The number of carbonyl (C=O) groups is 1. The number of alkyl halides is 3. The van der Waals surface area contributed by atoms with Gasteiger partial charge in [-0.1, -0.05) is 42.5 Å². The molecule has 0 unspecified atom stereocenters. The number of hydrogen-bond acceptors (Lipinski definition) is 5. The number of methoxy groups -OCH3 is 2. The van der Waals surface area contributed by atoms with Gasteiger partial charge in [0.1, 0.15) is 0 Å². The number of para-hydroxylation sites is 1. The fraction of sp³-hybridized carbons (Fsp3) is 0.208. The van der Waals surface area contributed by atoms with Crippen molar-refractivity contribution in [3.63, 3.8) is 0 Å². The van der Waals surface area contributed by atoms with Crippen molar-refractivity contribution in [1.82, 2.24) is 0 Å². The molecule has 0 aliphatic carbocycles. The number of nitrogens with zero attached hydrogens (tertiary/aromatic N) is 1. The van der Waals surface area contributed by atoms with Gasteiger partial charge in [0, 0.05) is 6.07 Å². The largest absolute Gasteiger partial charge is 0.493 e. The van der Waals surface area contributed by atoms with Crippen LogP contribution in [-0.4, -0.2) is 34.8 Å². The zero-order chi connectivity index (χ0) is 25.8. The second-order valence-electron chi connectivity index (χ2n) is 7.48. The van der Waals surface area contributed by atoms with Crippen molar-refractivity contribution in [2.45, 2.75) is 12.7 Å². The summed E-state index contributed by atoms with van der Waals surface area (Å²) < 4.78 is 77.4. The van der Waals surface area contributed by atoms with E-state index in [4.69, 9.17) is 9.47 Å². The standard InChI is InChI=1S/C24H23F3N2O5S/c1-33-21-13-17(23(30)28-19-12-8-7-11-18(19)24(25,26)27)20(14-22(21)34-2)29(35(3,31)32)15-16-9-5-4-6-10-16/h4-14H,15H2,1-3H3,(H,28,30). The third kappa shape index (κ3) is 6.04. The molecule has 11 heteroatoms. The molecule has 0 aliphatic heterocycles. The Labute approximate surface area is 201 Å². The molecule has 1 amide bonds. The molecule has 0 aromatic heterocycles. The molecule has 3 aromatic rings. The van der Waals surface area contributed by atoms with Crippen molar-refractivity contribution in [3.05, 3.63) is 83.4 Å². The molecule has 7 nitrogen and oxygen atoms in total. The summed E-state index contributed by atoms with van der Waals surface area (Å²) in [7, 11) is -1.29. The van der Waals surface area contributed by atoms with Gasteiger partial charge in [-0.2, -0.15) is 13.2 Å². The lowest BCUT2D eigenvalue weighted by atomic mass is 10.1. The molecule has 35 heavy (non-hydrogen) atoms. The number of ether oxygens (including phenoxy) is 2. The van der Waals surface area contributed by atoms with Crippen LogP contribution in [0.25, 0.3) is 0 Å². The summed E-state index contributed by atoms with van der Waals surface area (Å²) in [6.07, 6.45) is -3.75. The second-order valence-corrected chi connectivity index (χ2v) is 9.38. The van der Waals surface area contributed by atoms with E-state index in [0.29, 0.717) is 5.56 Å². The first-order chi connectivity index (χ1) is 16.5. The normalized spacial score (nSPS) is 11.6. The lowest BCUT2D eigenvalue weighted by Gasteiger charge is -2.26. The van der Waals surface area contributed by atoms with Crippen molar-refractivity contribution in [3.8, 4) is 11.5 Å². The van der Waals surface area contributed by atoms with Crippen LogP contribution in [0.4, 0.5) is 24.5 Å². The zero-order valence-electron chi connectivity index (χ0n) is 19.1. The Hall–Kier alpha value is -3.73. The number of sulfonamides is 1. The highest BCUT2D eigenvalue weighted by Crippen LogP contribution is 2.39. The van der Waals surface area contributed by atoms with E-state index >= 15 is 0 Å². The highest BCUT2D eigenvalue weighted by Gasteiger charge is 2.34. The lowest BCUT2D eigenvalue weighted by Crippen LogP contribution is -2.31. The molecule has 0 atom stereocenters. The number of hydrogen-bond donors (Lipinski definition) is 1. The first-order valence-corrected chi connectivity index (χ1v) is 12.1. The van der Waals surface area contributed by atoms with E-state index in [-0.39, 0.29) is 29.3 Å². The predicted octanol–water partition coefficient (Wildman–Crippen LogP) is 4.94. The van der Waals surface area contributed by atoms with Crippen molar-refractivity contribution < 1.29 is 35.9 Å². The van der Waals surface area contributed by atoms with Gasteiger partial charge in [-0.3, -0.25) is 9.10 Å². The van der Waals surface area contributed by atoms with Crippen LogP contribution < -0.4 is 19.1 Å². The third-order valence-electron chi connectivity index (χ3n) is 5.07. The summed E-state index contributed by atoms with van der Waals surface area (Å²) >= 11 is 0. The summed E-state index contributed by atoms with van der Waals surface area (Å²) in [4.78, 5) is 13.3. The van der Waals surface area contributed by atoms with Gasteiger partial charge in [-0.05, 0) is 23.8 Å². The van der Waals surface area contributed by atoms with Crippen LogP contribution >= 0.6 is 0 Å².